The van der Waals surface area contributed by atoms with Crippen molar-refractivity contribution in [2.24, 2.45) is 0 Å². The smallest absolute Gasteiger partial charge is 0.322 e. The predicted octanol–water partition coefficient (Wildman–Crippen LogP) is 4.69. The summed E-state index contributed by atoms with van der Waals surface area (Å²) in [6.45, 7) is 4.92. The minimum absolute atomic E-state index is 0.0731. The van der Waals surface area contributed by atoms with Crippen molar-refractivity contribution < 1.29 is 26.4 Å². The number of amides is 1. The van der Waals surface area contributed by atoms with E-state index in [1.165, 1.54) is 18.2 Å². The first-order valence-electron chi connectivity index (χ1n) is 8.01. The van der Waals surface area contributed by atoms with Crippen LogP contribution in [-0.4, -0.2) is 19.9 Å². The predicted molar refractivity (Wildman–Crippen MR) is 101 cm³/mol. The SMILES string of the molecule is CC(C)(C)NS(=O)(=O)c1cc(C(=O)Nc2cccc(C(F)(F)F)c2)ccc1Cl. The van der Waals surface area contributed by atoms with Gasteiger partial charge in [0.2, 0.25) is 10.0 Å². The van der Waals surface area contributed by atoms with Gasteiger partial charge in [0, 0.05) is 16.8 Å². The van der Waals surface area contributed by atoms with E-state index in [1.807, 2.05) is 0 Å². The Labute approximate surface area is 166 Å². The average Bonchev–Trinajstić information content (AvgIpc) is 2.52. The van der Waals surface area contributed by atoms with Crippen LogP contribution in [0.1, 0.15) is 36.7 Å². The molecule has 152 valence electrons. The quantitative estimate of drug-likeness (QED) is 0.733. The Kier molecular flexibility index (Phi) is 6.13. The fourth-order valence-electron chi connectivity index (χ4n) is 2.29. The largest absolute Gasteiger partial charge is 0.416 e. The second-order valence-corrected chi connectivity index (χ2v) is 9.09. The van der Waals surface area contributed by atoms with Gasteiger partial charge in [0.05, 0.1) is 10.6 Å². The van der Waals surface area contributed by atoms with Crippen LogP contribution in [0.5, 0.6) is 0 Å². The van der Waals surface area contributed by atoms with Crippen LogP contribution in [0.2, 0.25) is 5.02 Å². The summed E-state index contributed by atoms with van der Waals surface area (Å²) in [6.07, 6.45) is -4.55. The van der Waals surface area contributed by atoms with Gasteiger partial charge in [0.25, 0.3) is 5.91 Å². The fraction of sp³-hybridized carbons (Fsp3) is 0.278. The zero-order chi connectivity index (χ0) is 21.3. The second-order valence-electron chi connectivity index (χ2n) is 7.03. The molecule has 2 N–H and O–H groups in total. The van der Waals surface area contributed by atoms with Gasteiger partial charge in [-0.25, -0.2) is 13.1 Å². The molecule has 0 saturated carbocycles. The van der Waals surface area contributed by atoms with Gasteiger partial charge in [-0.05, 0) is 57.2 Å². The zero-order valence-corrected chi connectivity index (χ0v) is 16.8. The molecule has 0 heterocycles. The number of carbonyl (C=O) groups excluding carboxylic acids is 1. The van der Waals surface area contributed by atoms with E-state index >= 15 is 0 Å². The van der Waals surface area contributed by atoms with Gasteiger partial charge < -0.3 is 5.32 Å². The van der Waals surface area contributed by atoms with E-state index in [4.69, 9.17) is 11.6 Å². The highest BCUT2D eigenvalue weighted by atomic mass is 35.5. The van der Waals surface area contributed by atoms with Crippen molar-refractivity contribution in [3.05, 3.63) is 58.6 Å². The molecule has 0 unspecified atom stereocenters. The van der Waals surface area contributed by atoms with Gasteiger partial charge in [-0.1, -0.05) is 17.7 Å². The lowest BCUT2D eigenvalue weighted by Crippen LogP contribution is -2.40. The van der Waals surface area contributed by atoms with Crippen molar-refractivity contribution in [2.75, 3.05) is 5.32 Å². The number of nitrogens with one attached hydrogen (secondary N) is 2. The van der Waals surface area contributed by atoms with Crippen LogP contribution in [0.4, 0.5) is 18.9 Å². The third-order valence-corrected chi connectivity index (χ3v) is 5.61. The van der Waals surface area contributed by atoms with Crippen LogP contribution in [0.3, 0.4) is 0 Å². The summed E-state index contributed by atoms with van der Waals surface area (Å²) in [7, 11) is -4.01. The van der Waals surface area contributed by atoms with Crippen LogP contribution < -0.4 is 10.0 Å². The van der Waals surface area contributed by atoms with E-state index in [9.17, 15) is 26.4 Å². The molecule has 0 atom stereocenters. The minimum Gasteiger partial charge on any atom is -0.322 e. The molecule has 10 heteroatoms. The average molecular weight is 435 g/mol. The van der Waals surface area contributed by atoms with Crippen LogP contribution in [0.15, 0.2) is 47.4 Å². The first kappa shape index (κ1) is 22.2. The Morgan fingerprint density at radius 3 is 2.25 bits per heavy atom. The van der Waals surface area contributed by atoms with E-state index < -0.39 is 33.2 Å². The van der Waals surface area contributed by atoms with Crippen LogP contribution in [-0.2, 0) is 16.2 Å². The van der Waals surface area contributed by atoms with Crippen LogP contribution in [0.25, 0.3) is 0 Å². The molecule has 0 radical (unpaired) electrons. The molecule has 2 aromatic rings. The third-order valence-electron chi connectivity index (χ3n) is 3.37. The molecule has 0 bridgehead atoms. The summed E-state index contributed by atoms with van der Waals surface area (Å²) >= 11 is 5.97. The van der Waals surface area contributed by atoms with Crippen molar-refractivity contribution in [2.45, 2.75) is 37.4 Å². The Balaban J connectivity index is 2.33. The highest BCUT2D eigenvalue weighted by Crippen LogP contribution is 2.31. The van der Waals surface area contributed by atoms with Gasteiger partial charge in [-0.15, -0.1) is 0 Å². The molecule has 0 aliphatic carbocycles. The third kappa shape index (κ3) is 5.70. The molecule has 0 spiro atoms. The van der Waals surface area contributed by atoms with E-state index in [2.05, 4.69) is 10.0 Å². The lowest BCUT2D eigenvalue weighted by atomic mass is 10.1. The minimum atomic E-state index is -4.55. The van der Waals surface area contributed by atoms with E-state index in [0.717, 1.165) is 24.3 Å². The Morgan fingerprint density at radius 2 is 1.68 bits per heavy atom. The van der Waals surface area contributed by atoms with Gasteiger partial charge in [0.15, 0.2) is 0 Å². The highest BCUT2D eigenvalue weighted by Gasteiger charge is 2.30. The topological polar surface area (TPSA) is 75.3 Å². The number of carbonyl (C=O) groups is 1. The molecule has 2 rings (SSSR count). The first-order chi connectivity index (χ1) is 12.7. The maximum absolute atomic E-state index is 12.8. The summed E-state index contributed by atoms with van der Waals surface area (Å²) in [4.78, 5) is 12.1. The molecule has 0 aliphatic rings. The first-order valence-corrected chi connectivity index (χ1v) is 9.87. The molecule has 5 nitrogen and oxygen atoms in total. The molecular formula is C18H18ClF3N2O3S. The van der Waals surface area contributed by atoms with E-state index in [-0.39, 0.29) is 21.2 Å². The number of hydrogen-bond acceptors (Lipinski definition) is 3. The van der Waals surface area contributed by atoms with Crippen molar-refractivity contribution >= 4 is 33.2 Å². The van der Waals surface area contributed by atoms with Crippen molar-refractivity contribution in [3.63, 3.8) is 0 Å². The van der Waals surface area contributed by atoms with Gasteiger partial charge in [-0.3, -0.25) is 4.79 Å². The molecule has 28 heavy (non-hydrogen) atoms. The molecule has 1 amide bonds. The Morgan fingerprint density at radius 1 is 1.04 bits per heavy atom. The summed E-state index contributed by atoms with van der Waals surface area (Å²) in [5, 5.41) is 2.23. The molecular weight excluding hydrogens is 417 g/mol. The maximum atomic E-state index is 12.8. The van der Waals surface area contributed by atoms with Crippen LogP contribution in [0, 0.1) is 0 Å². The molecule has 0 aromatic heterocycles. The number of rotatable bonds is 4. The molecule has 0 aliphatic heterocycles. The van der Waals surface area contributed by atoms with Gasteiger partial charge in [-0.2, -0.15) is 13.2 Å². The monoisotopic (exact) mass is 434 g/mol. The zero-order valence-electron chi connectivity index (χ0n) is 15.2. The van der Waals surface area contributed by atoms with Gasteiger partial charge >= 0.3 is 6.18 Å². The Bertz CT molecular complexity index is 1000. The lowest BCUT2D eigenvalue weighted by molar-refractivity contribution is -0.137. The lowest BCUT2D eigenvalue weighted by Gasteiger charge is -2.21. The summed E-state index contributed by atoms with van der Waals surface area (Å²) in [5.74, 6) is -0.775. The number of sulfonamides is 1. The van der Waals surface area contributed by atoms with Crippen LogP contribution >= 0.6 is 11.6 Å². The standard InChI is InChI=1S/C18H18ClF3N2O3S/c1-17(2,3)24-28(26,27)15-9-11(7-8-14(15)19)16(25)23-13-6-4-5-12(10-13)18(20,21)22/h4-10,24H,1-3H3,(H,23,25). The van der Waals surface area contributed by atoms with E-state index in [1.54, 1.807) is 20.8 Å². The normalized spacial score (nSPS) is 12.7. The second kappa shape index (κ2) is 7.73. The number of anilines is 1. The molecule has 0 fully saturated rings. The molecule has 0 saturated heterocycles. The number of alkyl halides is 3. The number of halogens is 4. The number of hydrogen-bond donors (Lipinski definition) is 2. The van der Waals surface area contributed by atoms with Crippen molar-refractivity contribution in [1.82, 2.24) is 4.72 Å². The summed E-state index contributed by atoms with van der Waals surface area (Å²) in [6, 6.07) is 7.69. The van der Waals surface area contributed by atoms with Crippen molar-refractivity contribution in [3.8, 4) is 0 Å². The van der Waals surface area contributed by atoms with Gasteiger partial charge in [0.1, 0.15) is 4.90 Å². The Hall–Kier alpha value is -2.10. The summed E-state index contributed by atoms with van der Waals surface area (Å²) < 4.78 is 65.8. The van der Waals surface area contributed by atoms with E-state index in [0.29, 0.717) is 0 Å². The molecule has 2 aromatic carbocycles. The van der Waals surface area contributed by atoms with Crippen molar-refractivity contribution in [1.29, 1.82) is 0 Å². The number of benzene rings is 2. The summed E-state index contributed by atoms with van der Waals surface area (Å²) in [5.41, 5.74) is -1.85. The maximum Gasteiger partial charge on any atom is 0.416 e. The highest BCUT2D eigenvalue weighted by molar-refractivity contribution is 7.89. The fourth-order valence-corrected chi connectivity index (χ4v) is 4.23.